The summed E-state index contributed by atoms with van der Waals surface area (Å²) >= 11 is 0. The van der Waals surface area contributed by atoms with Crippen LogP contribution in [0.5, 0.6) is 0 Å². The van der Waals surface area contributed by atoms with Crippen LogP contribution in [0.25, 0.3) is 5.52 Å². The second-order valence-electron chi connectivity index (χ2n) is 5.13. The zero-order valence-corrected chi connectivity index (χ0v) is 10.4. The van der Waals surface area contributed by atoms with Gasteiger partial charge in [-0.25, -0.2) is 0 Å². The molecular formula is C14H17NO2. The Bertz CT molecular complexity index is 567. The van der Waals surface area contributed by atoms with Crippen LogP contribution < -0.4 is 0 Å². The van der Waals surface area contributed by atoms with Gasteiger partial charge in [-0.05, 0) is 30.7 Å². The fourth-order valence-electron chi connectivity index (χ4n) is 2.58. The lowest BCUT2D eigenvalue weighted by atomic mass is 9.84. The first-order valence-corrected chi connectivity index (χ1v) is 5.71. The summed E-state index contributed by atoms with van der Waals surface area (Å²) in [4.78, 5) is 10.9. The highest BCUT2D eigenvalue weighted by Crippen LogP contribution is 2.31. The van der Waals surface area contributed by atoms with Crippen LogP contribution in [0, 0.1) is 6.92 Å². The van der Waals surface area contributed by atoms with Crippen molar-refractivity contribution in [2.45, 2.75) is 32.6 Å². The number of carbonyl (C=O) groups is 1. The Balaban J connectivity index is 2.61. The molecule has 17 heavy (non-hydrogen) atoms. The number of nitrogens with zero attached hydrogens (tertiary/aromatic N) is 1. The Kier molecular flexibility index (Phi) is 2.69. The Labute approximate surface area is 101 Å². The molecule has 0 atom stereocenters. The summed E-state index contributed by atoms with van der Waals surface area (Å²) in [5.41, 5.74) is 2.96. The maximum atomic E-state index is 10.9. The van der Waals surface area contributed by atoms with Gasteiger partial charge in [-0.1, -0.05) is 19.9 Å². The maximum absolute atomic E-state index is 10.9. The molecule has 2 heterocycles. The van der Waals surface area contributed by atoms with Crippen LogP contribution in [0.15, 0.2) is 30.5 Å². The van der Waals surface area contributed by atoms with E-state index in [1.165, 1.54) is 0 Å². The summed E-state index contributed by atoms with van der Waals surface area (Å²) in [6.07, 6.45) is 2.12. The molecular weight excluding hydrogens is 214 g/mol. The van der Waals surface area contributed by atoms with Crippen LogP contribution >= 0.6 is 0 Å². The Morgan fingerprint density at radius 1 is 1.41 bits per heavy atom. The number of aromatic nitrogens is 1. The number of carboxylic acids is 1. The van der Waals surface area contributed by atoms with Crippen molar-refractivity contribution in [1.29, 1.82) is 0 Å². The molecule has 0 aliphatic carbocycles. The Hall–Kier alpha value is -1.77. The monoisotopic (exact) mass is 231 g/mol. The highest BCUT2D eigenvalue weighted by molar-refractivity contribution is 5.69. The van der Waals surface area contributed by atoms with E-state index in [4.69, 9.17) is 5.11 Å². The van der Waals surface area contributed by atoms with E-state index in [9.17, 15) is 4.79 Å². The van der Waals surface area contributed by atoms with Gasteiger partial charge < -0.3 is 9.51 Å². The van der Waals surface area contributed by atoms with Crippen molar-refractivity contribution in [2.24, 2.45) is 0 Å². The molecule has 2 rings (SSSR count). The van der Waals surface area contributed by atoms with E-state index in [1.54, 1.807) is 0 Å². The predicted octanol–water partition coefficient (Wildman–Crippen LogP) is 3.00. The van der Waals surface area contributed by atoms with Crippen LogP contribution in [0.4, 0.5) is 0 Å². The standard InChI is InChI=1S/C14H17NO2/c1-10-8-11-6-4-5-7-15(11)13(10)14(2,3)9-12(16)17/h4-8H,9H2,1-3H3,(H,16,17). The van der Waals surface area contributed by atoms with Gasteiger partial charge in [0.15, 0.2) is 0 Å². The molecule has 0 amide bonds. The van der Waals surface area contributed by atoms with E-state index in [0.717, 1.165) is 16.8 Å². The van der Waals surface area contributed by atoms with Crippen molar-refractivity contribution in [3.8, 4) is 0 Å². The van der Waals surface area contributed by atoms with Crippen molar-refractivity contribution in [3.63, 3.8) is 0 Å². The van der Waals surface area contributed by atoms with Gasteiger partial charge in [0.25, 0.3) is 0 Å². The SMILES string of the molecule is Cc1cc2ccccn2c1C(C)(C)CC(=O)O. The van der Waals surface area contributed by atoms with Gasteiger partial charge >= 0.3 is 5.97 Å². The van der Waals surface area contributed by atoms with Gasteiger partial charge in [0, 0.05) is 22.8 Å². The van der Waals surface area contributed by atoms with E-state index >= 15 is 0 Å². The normalized spacial score (nSPS) is 11.9. The average Bonchev–Trinajstić information content (AvgIpc) is 2.51. The highest BCUT2D eigenvalue weighted by Gasteiger charge is 2.28. The minimum absolute atomic E-state index is 0.134. The smallest absolute Gasteiger partial charge is 0.304 e. The number of pyridine rings is 1. The van der Waals surface area contributed by atoms with Crippen LogP contribution in [0.3, 0.4) is 0 Å². The lowest BCUT2D eigenvalue weighted by Crippen LogP contribution is -2.24. The molecule has 1 N–H and O–H groups in total. The summed E-state index contributed by atoms with van der Waals surface area (Å²) in [5, 5.41) is 9.00. The van der Waals surface area contributed by atoms with Crippen molar-refractivity contribution < 1.29 is 9.90 Å². The predicted molar refractivity (Wildman–Crippen MR) is 67.4 cm³/mol. The largest absolute Gasteiger partial charge is 0.481 e. The van der Waals surface area contributed by atoms with Gasteiger partial charge in [-0.2, -0.15) is 0 Å². The molecule has 0 aliphatic heterocycles. The van der Waals surface area contributed by atoms with Crippen molar-refractivity contribution in [1.82, 2.24) is 4.40 Å². The fraction of sp³-hybridized carbons (Fsp3) is 0.357. The van der Waals surface area contributed by atoms with Gasteiger partial charge in [-0.15, -0.1) is 0 Å². The first-order chi connectivity index (χ1) is 7.92. The third-order valence-corrected chi connectivity index (χ3v) is 3.10. The molecule has 0 radical (unpaired) electrons. The number of hydrogen-bond acceptors (Lipinski definition) is 1. The van der Waals surface area contributed by atoms with Gasteiger partial charge in [0.1, 0.15) is 0 Å². The third kappa shape index (κ3) is 2.05. The van der Waals surface area contributed by atoms with E-state index < -0.39 is 5.97 Å². The number of rotatable bonds is 3. The lowest BCUT2D eigenvalue weighted by molar-refractivity contribution is -0.138. The fourth-order valence-corrected chi connectivity index (χ4v) is 2.58. The molecule has 0 spiro atoms. The summed E-state index contributed by atoms with van der Waals surface area (Å²) in [7, 11) is 0. The number of hydrogen-bond donors (Lipinski definition) is 1. The summed E-state index contributed by atoms with van der Waals surface area (Å²) in [6.45, 7) is 5.98. The minimum atomic E-state index is -0.764. The number of aryl methyl sites for hydroxylation is 1. The first-order valence-electron chi connectivity index (χ1n) is 5.71. The second kappa shape index (κ2) is 3.91. The van der Waals surface area contributed by atoms with Crippen molar-refractivity contribution in [3.05, 3.63) is 41.7 Å². The molecule has 2 aromatic rings. The molecule has 0 fully saturated rings. The molecule has 2 aromatic heterocycles. The van der Waals surface area contributed by atoms with Crippen LogP contribution in [0.1, 0.15) is 31.5 Å². The van der Waals surface area contributed by atoms with Crippen molar-refractivity contribution >= 4 is 11.5 Å². The third-order valence-electron chi connectivity index (χ3n) is 3.10. The zero-order chi connectivity index (χ0) is 12.6. The molecule has 0 aromatic carbocycles. The second-order valence-corrected chi connectivity index (χ2v) is 5.13. The quantitative estimate of drug-likeness (QED) is 0.882. The first kappa shape index (κ1) is 11.7. The molecule has 0 saturated carbocycles. The molecule has 90 valence electrons. The van der Waals surface area contributed by atoms with Crippen LogP contribution in [0.2, 0.25) is 0 Å². The Morgan fingerprint density at radius 2 is 2.12 bits per heavy atom. The number of aliphatic carboxylic acids is 1. The average molecular weight is 231 g/mol. The number of fused-ring (bicyclic) bond motifs is 1. The van der Waals surface area contributed by atoms with Gasteiger partial charge in [-0.3, -0.25) is 4.79 Å². The van der Waals surface area contributed by atoms with E-state index in [0.29, 0.717) is 0 Å². The van der Waals surface area contributed by atoms with E-state index in [1.807, 2.05) is 45.2 Å². The Morgan fingerprint density at radius 3 is 2.76 bits per heavy atom. The summed E-state index contributed by atoms with van der Waals surface area (Å²) in [5.74, 6) is -0.764. The minimum Gasteiger partial charge on any atom is -0.481 e. The molecule has 0 aliphatic rings. The molecule has 3 heteroatoms. The number of carboxylic acid groups (broad SMARTS) is 1. The van der Waals surface area contributed by atoms with Crippen LogP contribution in [-0.2, 0) is 10.2 Å². The molecule has 3 nitrogen and oxygen atoms in total. The summed E-state index contributed by atoms with van der Waals surface area (Å²) < 4.78 is 2.08. The molecule has 0 saturated heterocycles. The zero-order valence-electron chi connectivity index (χ0n) is 10.4. The topological polar surface area (TPSA) is 41.7 Å². The van der Waals surface area contributed by atoms with Gasteiger partial charge in [0.05, 0.1) is 6.42 Å². The maximum Gasteiger partial charge on any atom is 0.304 e. The van der Waals surface area contributed by atoms with E-state index in [-0.39, 0.29) is 11.8 Å². The van der Waals surface area contributed by atoms with Gasteiger partial charge in [0.2, 0.25) is 0 Å². The lowest BCUT2D eigenvalue weighted by Gasteiger charge is -2.24. The highest BCUT2D eigenvalue weighted by atomic mass is 16.4. The van der Waals surface area contributed by atoms with Crippen LogP contribution in [-0.4, -0.2) is 15.5 Å². The van der Waals surface area contributed by atoms with Crippen molar-refractivity contribution in [2.75, 3.05) is 0 Å². The molecule has 0 bridgehead atoms. The summed E-state index contributed by atoms with van der Waals surface area (Å²) in [6, 6.07) is 8.09. The molecule has 0 unspecified atom stereocenters. The van der Waals surface area contributed by atoms with E-state index in [2.05, 4.69) is 10.5 Å².